The number of nitrogens with one attached hydrogen (secondary N) is 1. The number of piperidine rings is 1. The van der Waals surface area contributed by atoms with Crippen molar-refractivity contribution in [2.24, 2.45) is 0 Å². The van der Waals surface area contributed by atoms with Gasteiger partial charge in [-0.3, -0.25) is 9.59 Å². The lowest BCUT2D eigenvalue weighted by Gasteiger charge is -2.42. The maximum absolute atomic E-state index is 13.1. The zero-order chi connectivity index (χ0) is 22.7. The Balaban J connectivity index is 1.28. The van der Waals surface area contributed by atoms with E-state index in [-0.39, 0.29) is 24.4 Å². The van der Waals surface area contributed by atoms with Crippen LogP contribution in [0.4, 0.5) is 14.9 Å². The summed E-state index contributed by atoms with van der Waals surface area (Å²) in [5, 5.41) is 3.44. The quantitative estimate of drug-likeness (QED) is 0.714. The number of nitrogens with zero attached hydrogens (tertiary/aromatic N) is 3. The van der Waals surface area contributed by atoms with Gasteiger partial charge in [-0.05, 0) is 54.8 Å². The molecule has 9 heteroatoms. The molecule has 0 aliphatic carbocycles. The fourth-order valence-corrected chi connectivity index (χ4v) is 4.24. The molecule has 0 bridgehead atoms. The Morgan fingerprint density at radius 1 is 0.938 bits per heavy atom. The summed E-state index contributed by atoms with van der Waals surface area (Å²) in [6.07, 6.45) is 1.23. The summed E-state index contributed by atoms with van der Waals surface area (Å²) in [6, 6.07) is 12.5. The maximum Gasteiger partial charge on any atom is 0.321 e. The minimum Gasteiger partial charge on any atom is -0.330 e. The van der Waals surface area contributed by atoms with Crippen LogP contribution in [-0.2, 0) is 16.1 Å². The highest BCUT2D eigenvalue weighted by Gasteiger charge is 2.38. The third-order valence-corrected chi connectivity index (χ3v) is 6.17. The van der Waals surface area contributed by atoms with Crippen molar-refractivity contribution in [2.75, 3.05) is 31.5 Å². The first-order valence-corrected chi connectivity index (χ1v) is 10.9. The van der Waals surface area contributed by atoms with Gasteiger partial charge in [-0.25, -0.2) is 9.18 Å². The summed E-state index contributed by atoms with van der Waals surface area (Å²) >= 11 is 5.87. The summed E-state index contributed by atoms with van der Waals surface area (Å²) < 4.78 is 13.1. The molecule has 32 heavy (non-hydrogen) atoms. The molecule has 2 aliphatic rings. The standard InChI is InChI=1S/C23H24ClFN4O3/c24-17-3-7-19(8-4-17)26-23(32)27-11-9-20(10-12-27)29-14-13-28(21(30)22(29)31)15-16-1-5-18(25)6-2-16/h1-8,20H,9-15H2,(H,26,32). The highest BCUT2D eigenvalue weighted by Crippen LogP contribution is 2.22. The summed E-state index contributed by atoms with van der Waals surface area (Å²) in [5.41, 5.74) is 1.44. The van der Waals surface area contributed by atoms with Crippen molar-refractivity contribution in [1.29, 1.82) is 0 Å². The van der Waals surface area contributed by atoms with Gasteiger partial charge in [-0.1, -0.05) is 23.7 Å². The first kappa shape index (κ1) is 22.1. The van der Waals surface area contributed by atoms with Gasteiger partial charge in [0.15, 0.2) is 0 Å². The number of amides is 4. The van der Waals surface area contributed by atoms with Crippen molar-refractivity contribution in [2.45, 2.75) is 25.4 Å². The van der Waals surface area contributed by atoms with Gasteiger partial charge in [0.1, 0.15) is 5.82 Å². The molecule has 0 saturated carbocycles. The number of benzene rings is 2. The molecule has 2 saturated heterocycles. The normalized spacial score (nSPS) is 17.6. The van der Waals surface area contributed by atoms with Gasteiger partial charge in [0.05, 0.1) is 0 Å². The monoisotopic (exact) mass is 458 g/mol. The van der Waals surface area contributed by atoms with E-state index >= 15 is 0 Å². The molecular formula is C23H24ClFN4O3. The largest absolute Gasteiger partial charge is 0.330 e. The van der Waals surface area contributed by atoms with E-state index in [1.54, 1.807) is 46.2 Å². The molecule has 2 aliphatic heterocycles. The van der Waals surface area contributed by atoms with Crippen LogP contribution in [0.2, 0.25) is 5.02 Å². The molecule has 2 heterocycles. The van der Waals surface area contributed by atoms with Crippen LogP contribution in [0.3, 0.4) is 0 Å². The molecule has 168 valence electrons. The Morgan fingerprint density at radius 3 is 2.25 bits per heavy atom. The van der Waals surface area contributed by atoms with Crippen LogP contribution < -0.4 is 5.32 Å². The van der Waals surface area contributed by atoms with E-state index in [1.807, 2.05) is 0 Å². The number of carbonyl (C=O) groups is 3. The number of hydrogen-bond acceptors (Lipinski definition) is 3. The third-order valence-electron chi connectivity index (χ3n) is 5.92. The van der Waals surface area contributed by atoms with Crippen molar-refractivity contribution in [3.63, 3.8) is 0 Å². The van der Waals surface area contributed by atoms with Crippen LogP contribution in [0.25, 0.3) is 0 Å². The molecule has 0 radical (unpaired) electrons. The van der Waals surface area contributed by atoms with Crippen LogP contribution in [0.5, 0.6) is 0 Å². The van der Waals surface area contributed by atoms with Crippen LogP contribution in [0, 0.1) is 5.82 Å². The molecule has 0 unspecified atom stereocenters. The molecule has 0 aromatic heterocycles. The minimum atomic E-state index is -0.538. The SMILES string of the molecule is O=C(Nc1ccc(Cl)cc1)N1CCC(N2CCN(Cc3ccc(F)cc3)C(=O)C2=O)CC1. The molecule has 1 N–H and O–H groups in total. The van der Waals surface area contributed by atoms with Crippen LogP contribution in [0.15, 0.2) is 48.5 Å². The van der Waals surface area contributed by atoms with Crippen molar-refractivity contribution in [3.05, 3.63) is 64.9 Å². The van der Waals surface area contributed by atoms with E-state index < -0.39 is 11.8 Å². The number of piperazine rings is 1. The molecule has 4 amide bonds. The summed E-state index contributed by atoms with van der Waals surface area (Å²) in [6.45, 7) is 2.16. The predicted octanol–water partition coefficient (Wildman–Crippen LogP) is 3.35. The number of hydrogen-bond donors (Lipinski definition) is 1. The van der Waals surface area contributed by atoms with Gasteiger partial charge in [-0.2, -0.15) is 0 Å². The fourth-order valence-electron chi connectivity index (χ4n) is 4.12. The van der Waals surface area contributed by atoms with Crippen LogP contribution in [0.1, 0.15) is 18.4 Å². The molecule has 2 fully saturated rings. The van der Waals surface area contributed by atoms with Gasteiger partial charge in [0.25, 0.3) is 0 Å². The van der Waals surface area contributed by atoms with Crippen molar-refractivity contribution >= 4 is 35.1 Å². The Morgan fingerprint density at radius 2 is 1.59 bits per heavy atom. The van der Waals surface area contributed by atoms with Gasteiger partial charge in [0, 0.05) is 49.5 Å². The van der Waals surface area contributed by atoms with Gasteiger partial charge < -0.3 is 20.0 Å². The van der Waals surface area contributed by atoms with Crippen LogP contribution in [-0.4, -0.2) is 64.8 Å². The smallest absolute Gasteiger partial charge is 0.321 e. The Labute approximate surface area is 190 Å². The second kappa shape index (κ2) is 9.56. The van der Waals surface area contributed by atoms with Crippen molar-refractivity contribution in [3.8, 4) is 0 Å². The Bertz CT molecular complexity index is 991. The average Bonchev–Trinajstić information content (AvgIpc) is 2.80. The van der Waals surface area contributed by atoms with E-state index in [0.717, 1.165) is 5.56 Å². The number of carbonyl (C=O) groups excluding carboxylic acids is 3. The molecule has 2 aromatic carbocycles. The first-order valence-electron chi connectivity index (χ1n) is 10.6. The molecule has 0 spiro atoms. The van der Waals surface area contributed by atoms with E-state index in [1.165, 1.54) is 17.0 Å². The van der Waals surface area contributed by atoms with Gasteiger partial charge >= 0.3 is 17.8 Å². The summed E-state index contributed by atoms with van der Waals surface area (Å²) in [5.74, 6) is -1.39. The predicted molar refractivity (Wildman–Crippen MR) is 119 cm³/mol. The van der Waals surface area contributed by atoms with Gasteiger partial charge in [-0.15, -0.1) is 0 Å². The summed E-state index contributed by atoms with van der Waals surface area (Å²) in [4.78, 5) is 42.7. The topological polar surface area (TPSA) is 73.0 Å². The number of urea groups is 1. The molecule has 2 aromatic rings. The summed E-state index contributed by atoms with van der Waals surface area (Å²) in [7, 11) is 0. The Kier molecular flexibility index (Phi) is 6.60. The fraction of sp³-hybridized carbons (Fsp3) is 0.348. The zero-order valence-electron chi connectivity index (χ0n) is 17.5. The van der Waals surface area contributed by atoms with Crippen molar-refractivity contribution in [1.82, 2.24) is 14.7 Å². The van der Waals surface area contributed by atoms with Crippen molar-refractivity contribution < 1.29 is 18.8 Å². The van der Waals surface area contributed by atoms with E-state index in [4.69, 9.17) is 11.6 Å². The zero-order valence-corrected chi connectivity index (χ0v) is 18.2. The van der Waals surface area contributed by atoms with E-state index in [9.17, 15) is 18.8 Å². The maximum atomic E-state index is 13.1. The lowest BCUT2D eigenvalue weighted by atomic mass is 10.0. The highest BCUT2D eigenvalue weighted by molar-refractivity contribution is 6.35. The highest BCUT2D eigenvalue weighted by atomic mass is 35.5. The Hall–Kier alpha value is -3.13. The van der Waals surface area contributed by atoms with E-state index in [2.05, 4.69) is 5.32 Å². The number of anilines is 1. The second-order valence-electron chi connectivity index (χ2n) is 8.01. The van der Waals surface area contributed by atoms with E-state index in [0.29, 0.717) is 49.7 Å². The lowest BCUT2D eigenvalue weighted by Crippen LogP contribution is -2.59. The number of likely N-dealkylation sites (tertiary alicyclic amines) is 1. The minimum absolute atomic E-state index is 0.0704. The number of rotatable bonds is 4. The average molecular weight is 459 g/mol. The molecule has 4 rings (SSSR count). The third kappa shape index (κ3) is 5.02. The first-order chi connectivity index (χ1) is 15.4. The lowest BCUT2D eigenvalue weighted by molar-refractivity contribution is -0.158. The number of halogens is 2. The molecule has 0 atom stereocenters. The van der Waals surface area contributed by atoms with Crippen LogP contribution >= 0.6 is 11.6 Å². The molecular weight excluding hydrogens is 435 g/mol. The molecule has 7 nitrogen and oxygen atoms in total. The van der Waals surface area contributed by atoms with Gasteiger partial charge in [0.2, 0.25) is 0 Å². The second-order valence-corrected chi connectivity index (χ2v) is 8.44.